The molecule has 0 bridgehead atoms. The van der Waals surface area contributed by atoms with Crippen LogP contribution in [0.3, 0.4) is 0 Å². The summed E-state index contributed by atoms with van der Waals surface area (Å²) < 4.78 is 18.8. The smallest absolute Gasteiger partial charge is 0.243 e. The van der Waals surface area contributed by atoms with Crippen LogP contribution in [0, 0.1) is 12.7 Å². The van der Waals surface area contributed by atoms with Crippen molar-refractivity contribution in [1.82, 2.24) is 15.5 Å². The number of nitrogens with one attached hydrogen (secondary N) is 1. The van der Waals surface area contributed by atoms with Gasteiger partial charge in [0.15, 0.2) is 0 Å². The molecule has 6 heteroatoms. The number of aryl methyl sites for hydroxylation is 1. The highest BCUT2D eigenvalue weighted by molar-refractivity contribution is 6.31. The fraction of sp³-hybridized carbons (Fsp3) is 0.263. The molecule has 4 nitrogen and oxygen atoms in total. The fourth-order valence-corrected chi connectivity index (χ4v) is 2.97. The van der Waals surface area contributed by atoms with Crippen LogP contribution in [0.2, 0.25) is 5.02 Å². The molecule has 0 aliphatic heterocycles. The summed E-state index contributed by atoms with van der Waals surface area (Å²) in [6.07, 6.45) is 0. The van der Waals surface area contributed by atoms with E-state index in [0.29, 0.717) is 22.3 Å². The quantitative estimate of drug-likeness (QED) is 0.676. The van der Waals surface area contributed by atoms with Crippen molar-refractivity contribution in [2.24, 2.45) is 0 Å². The number of nitrogens with zero attached hydrogens (tertiary/aromatic N) is 2. The Hall–Kier alpha value is -2.24. The SMILES string of the molecule is Cc1cc(-c2noc(C(C)NC(C)c3ccccc3Cl)n2)ccc1F. The van der Waals surface area contributed by atoms with Crippen molar-refractivity contribution in [3.05, 3.63) is 70.3 Å². The van der Waals surface area contributed by atoms with Crippen molar-refractivity contribution in [2.45, 2.75) is 32.9 Å². The van der Waals surface area contributed by atoms with Gasteiger partial charge in [-0.25, -0.2) is 4.39 Å². The molecule has 0 fully saturated rings. The van der Waals surface area contributed by atoms with Crippen LogP contribution in [-0.4, -0.2) is 10.1 Å². The lowest BCUT2D eigenvalue weighted by Gasteiger charge is -2.18. The minimum absolute atomic E-state index is 0.0205. The third kappa shape index (κ3) is 3.89. The van der Waals surface area contributed by atoms with E-state index < -0.39 is 0 Å². The monoisotopic (exact) mass is 359 g/mol. The Morgan fingerprint density at radius 1 is 1.12 bits per heavy atom. The van der Waals surface area contributed by atoms with Crippen molar-refractivity contribution < 1.29 is 8.91 Å². The average molecular weight is 360 g/mol. The van der Waals surface area contributed by atoms with Gasteiger partial charge in [0.1, 0.15) is 5.82 Å². The van der Waals surface area contributed by atoms with Gasteiger partial charge in [0, 0.05) is 16.6 Å². The molecule has 0 spiro atoms. The van der Waals surface area contributed by atoms with E-state index in [0.717, 1.165) is 11.1 Å². The lowest BCUT2D eigenvalue weighted by molar-refractivity contribution is 0.328. The summed E-state index contributed by atoms with van der Waals surface area (Å²) in [5.74, 6) is 0.657. The first-order valence-corrected chi connectivity index (χ1v) is 8.44. The Morgan fingerprint density at radius 3 is 2.60 bits per heavy atom. The number of hydrogen-bond donors (Lipinski definition) is 1. The lowest BCUT2D eigenvalue weighted by Crippen LogP contribution is -2.23. The largest absolute Gasteiger partial charge is 0.337 e. The number of benzene rings is 2. The van der Waals surface area contributed by atoms with Crippen molar-refractivity contribution in [3.8, 4) is 11.4 Å². The van der Waals surface area contributed by atoms with Gasteiger partial charge in [-0.3, -0.25) is 5.32 Å². The normalized spacial score (nSPS) is 13.6. The Kier molecular flexibility index (Phi) is 5.16. The summed E-state index contributed by atoms with van der Waals surface area (Å²) in [5.41, 5.74) is 2.27. The van der Waals surface area contributed by atoms with Gasteiger partial charge >= 0.3 is 0 Å². The predicted molar refractivity (Wildman–Crippen MR) is 95.8 cm³/mol. The van der Waals surface area contributed by atoms with Crippen molar-refractivity contribution in [3.63, 3.8) is 0 Å². The molecule has 130 valence electrons. The summed E-state index contributed by atoms with van der Waals surface area (Å²) in [5, 5.41) is 8.11. The molecular weight excluding hydrogens is 341 g/mol. The zero-order chi connectivity index (χ0) is 18.0. The van der Waals surface area contributed by atoms with E-state index in [1.165, 1.54) is 6.07 Å². The molecule has 1 N–H and O–H groups in total. The number of aromatic nitrogens is 2. The highest BCUT2D eigenvalue weighted by Gasteiger charge is 2.19. The van der Waals surface area contributed by atoms with Crippen molar-refractivity contribution in [2.75, 3.05) is 0 Å². The minimum atomic E-state index is -0.254. The van der Waals surface area contributed by atoms with Gasteiger partial charge in [-0.15, -0.1) is 0 Å². The molecule has 2 atom stereocenters. The van der Waals surface area contributed by atoms with Gasteiger partial charge in [0.2, 0.25) is 11.7 Å². The van der Waals surface area contributed by atoms with Crippen molar-refractivity contribution >= 4 is 11.6 Å². The predicted octanol–water partition coefficient (Wildman–Crippen LogP) is 5.25. The summed E-state index contributed by atoms with van der Waals surface area (Å²) in [6.45, 7) is 5.67. The molecule has 0 aliphatic carbocycles. The van der Waals surface area contributed by atoms with E-state index in [2.05, 4.69) is 15.5 Å². The highest BCUT2D eigenvalue weighted by Crippen LogP contribution is 2.26. The second-order valence-corrected chi connectivity index (χ2v) is 6.46. The standard InChI is InChI=1S/C19H19ClFN3O/c1-11-10-14(8-9-17(11)21)18-23-19(25-24-18)13(3)22-12(2)15-6-4-5-7-16(15)20/h4-10,12-13,22H,1-3H3. The molecule has 1 heterocycles. The zero-order valence-electron chi connectivity index (χ0n) is 14.3. The Balaban J connectivity index is 1.75. The first-order valence-electron chi connectivity index (χ1n) is 8.06. The average Bonchev–Trinajstić information content (AvgIpc) is 3.08. The van der Waals surface area contributed by atoms with Crippen LogP contribution in [0.15, 0.2) is 47.0 Å². The van der Waals surface area contributed by atoms with Crippen LogP contribution in [0.5, 0.6) is 0 Å². The molecule has 1 aromatic heterocycles. The molecular formula is C19H19ClFN3O. The summed E-state index contributed by atoms with van der Waals surface area (Å²) >= 11 is 6.24. The Morgan fingerprint density at radius 2 is 1.88 bits per heavy atom. The van der Waals surface area contributed by atoms with Crippen LogP contribution in [0.25, 0.3) is 11.4 Å². The Labute approximate surface area is 151 Å². The van der Waals surface area contributed by atoms with E-state index in [1.54, 1.807) is 19.1 Å². The first kappa shape index (κ1) is 17.6. The molecule has 0 saturated carbocycles. The van der Waals surface area contributed by atoms with E-state index in [4.69, 9.17) is 16.1 Å². The van der Waals surface area contributed by atoms with Crippen LogP contribution in [0.1, 0.15) is 42.9 Å². The zero-order valence-corrected chi connectivity index (χ0v) is 15.0. The van der Waals surface area contributed by atoms with E-state index >= 15 is 0 Å². The number of halogens is 2. The van der Waals surface area contributed by atoms with Crippen LogP contribution in [-0.2, 0) is 0 Å². The maximum Gasteiger partial charge on any atom is 0.243 e. The van der Waals surface area contributed by atoms with Crippen LogP contribution in [0.4, 0.5) is 4.39 Å². The van der Waals surface area contributed by atoms with Gasteiger partial charge < -0.3 is 4.52 Å². The lowest BCUT2D eigenvalue weighted by atomic mass is 10.1. The minimum Gasteiger partial charge on any atom is -0.337 e. The summed E-state index contributed by atoms with van der Waals surface area (Å²) in [6, 6.07) is 12.3. The molecule has 25 heavy (non-hydrogen) atoms. The molecule has 0 radical (unpaired) electrons. The second kappa shape index (κ2) is 7.33. The van der Waals surface area contributed by atoms with E-state index in [1.807, 2.05) is 38.1 Å². The molecule has 3 rings (SSSR count). The molecule has 2 aromatic carbocycles. The fourth-order valence-electron chi connectivity index (χ4n) is 2.67. The van der Waals surface area contributed by atoms with Gasteiger partial charge in [-0.05, 0) is 56.2 Å². The van der Waals surface area contributed by atoms with Gasteiger partial charge in [-0.1, -0.05) is 35.0 Å². The summed E-state index contributed by atoms with van der Waals surface area (Å²) in [7, 11) is 0. The summed E-state index contributed by atoms with van der Waals surface area (Å²) in [4.78, 5) is 4.42. The topological polar surface area (TPSA) is 51.0 Å². The molecule has 0 saturated heterocycles. The molecule has 0 aliphatic rings. The second-order valence-electron chi connectivity index (χ2n) is 6.05. The first-order chi connectivity index (χ1) is 12.0. The third-order valence-electron chi connectivity index (χ3n) is 4.10. The van der Waals surface area contributed by atoms with Gasteiger partial charge in [0.25, 0.3) is 0 Å². The van der Waals surface area contributed by atoms with E-state index in [-0.39, 0.29) is 17.9 Å². The number of hydrogen-bond acceptors (Lipinski definition) is 4. The van der Waals surface area contributed by atoms with Gasteiger partial charge in [0.05, 0.1) is 6.04 Å². The molecule has 3 aromatic rings. The molecule has 0 amide bonds. The number of rotatable bonds is 5. The van der Waals surface area contributed by atoms with E-state index in [9.17, 15) is 4.39 Å². The third-order valence-corrected chi connectivity index (χ3v) is 4.44. The van der Waals surface area contributed by atoms with Crippen LogP contribution < -0.4 is 5.32 Å². The van der Waals surface area contributed by atoms with Gasteiger partial charge in [-0.2, -0.15) is 4.98 Å². The van der Waals surface area contributed by atoms with Crippen LogP contribution >= 0.6 is 11.6 Å². The Bertz CT molecular complexity index is 881. The molecule has 2 unspecified atom stereocenters. The highest BCUT2D eigenvalue weighted by atomic mass is 35.5. The van der Waals surface area contributed by atoms with Crippen molar-refractivity contribution in [1.29, 1.82) is 0 Å². The maximum atomic E-state index is 13.4. The maximum absolute atomic E-state index is 13.4.